The van der Waals surface area contributed by atoms with E-state index in [4.69, 9.17) is 4.74 Å². The van der Waals surface area contributed by atoms with E-state index in [1.54, 1.807) is 37.8 Å². The highest BCUT2D eigenvalue weighted by atomic mass is 19.1. The number of rotatable bonds is 6. The Bertz CT molecular complexity index is 1130. The molecule has 3 amide bonds. The predicted molar refractivity (Wildman–Crippen MR) is 133 cm³/mol. The number of fused-ring (bicyclic) bond motifs is 1. The first-order valence-corrected chi connectivity index (χ1v) is 12.0. The number of carbonyl (C=O) groups excluding carboxylic acids is 3. The Morgan fingerprint density at radius 2 is 1.83 bits per heavy atom. The average Bonchev–Trinajstić information content (AvgIpc) is 2.89. The van der Waals surface area contributed by atoms with E-state index in [0.29, 0.717) is 17.7 Å². The van der Waals surface area contributed by atoms with E-state index in [-0.39, 0.29) is 30.4 Å². The Hall–Kier alpha value is -3.49. The first-order chi connectivity index (χ1) is 16.9. The number of carbonyl (C=O) groups is 3. The maximum absolute atomic E-state index is 14.4. The summed E-state index contributed by atoms with van der Waals surface area (Å²) in [6.45, 7) is 8.72. The van der Waals surface area contributed by atoms with Crippen molar-refractivity contribution in [3.63, 3.8) is 0 Å². The lowest BCUT2D eigenvalue weighted by molar-refractivity contribution is -0.129. The van der Waals surface area contributed by atoms with E-state index in [0.717, 1.165) is 0 Å². The number of nitrogens with zero attached hydrogens (tertiary/aromatic N) is 1. The molecule has 1 heterocycles. The molecule has 2 aromatic rings. The standard InChI is InChI=1S/C27H33F2N3O4/c1-16(2)32-23-13-11-19(28)14-18(23)10-12-21(25(32)34)30-24(33)22(31-26(35)36-27(3,4)5)15-17-8-6-7-9-20(17)29/h6-9,11,13-14,16,21-22H,10,12,15H2,1-5H3,(H,30,33)(H,31,35)/t21-,22-/m1/s1. The molecule has 2 N–H and O–H groups in total. The quantitative estimate of drug-likeness (QED) is 0.619. The van der Waals surface area contributed by atoms with Crippen molar-refractivity contribution in [1.29, 1.82) is 0 Å². The van der Waals surface area contributed by atoms with E-state index in [9.17, 15) is 23.2 Å². The molecular formula is C27H33F2N3O4. The van der Waals surface area contributed by atoms with Crippen molar-refractivity contribution in [2.75, 3.05) is 4.90 Å². The van der Waals surface area contributed by atoms with Crippen LogP contribution < -0.4 is 15.5 Å². The van der Waals surface area contributed by atoms with Crippen LogP contribution >= 0.6 is 0 Å². The van der Waals surface area contributed by atoms with E-state index >= 15 is 0 Å². The zero-order chi connectivity index (χ0) is 26.6. The van der Waals surface area contributed by atoms with Gasteiger partial charge in [0.25, 0.3) is 0 Å². The molecule has 0 unspecified atom stereocenters. The van der Waals surface area contributed by atoms with Crippen LogP contribution in [-0.4, -0.2) is 41.6 Å². The van der Waals surface area contributed by atoms with Gasteiger partial charge in [0.05, 0.1) is 0 Å². The molecule has 0 aliphatic carbocycles. The van der Waals surface area contributed by atoms with E-state index in [1.165, 1.54) is 30.3 Å². The van der Waals surface area contributed by atoms with Crippen LogP contribution in [0.2, 0.25) is 0 Å². The van der Waals surface area contributed by atoms with Crippen molar-refractivity contribution in [3.8, 4) is 0 Å². The van der Waals surface area contributed by atoms with Crippen molar-refractivity contribution < 1.29 is 27.9 Å². The van der Waals surface area contributed by atoms with Crippen LogP contribution in [-0.2, 0) is 27.2 Å². The number of amides is 3. The molecule has 9 heteroatoms. The molecule has 0 saturated carbocycles. The maximum atomic E-state index is 14.4. The SMILES string of the molecule is CC(C)N1C(=O)[C@H](NC(=O)[C@@H](Cc2ccccc2F)NC(=O)OC(C)(C)C)CCc2cc(F)ccc21. The van der Waals surface area contributed by atoms with Gasteiger partial charge in [0.1, 0.15) is 29.3 Å². The molecule has 36 heavy (non-hydrogen) atoms. The number of halogens is 2. The molecule has 1 aliphatic heterocycles. The lowest BCUT2D eigenvalue weighted by Crippen LogP contribution is -2.56. The number of ether oxygens (including phenoxy) is 1. The summed E-state index contributed by atoms with van der Waals surface area (Å²) in [6.07, 6.45) is -0.371. The third-order valence-corrected chi connectivity index (χ3v) is 5.76. The number of alkyl carbamates (subject to hydrolysis) is 1. The second kappa shape index (κ2) is 11.1. The van der Waals surface area contributed by atoms with Crippen LogP contribution in [0.1, 0.15) is 52.2 Å². The van der Waals surface area contributed by atoms with Gasteiger partial charge in [0.2, 0.25) is 11.8 Å². The second-order valence-electron chi connectivity index (χ2n) is 10.2. The molecule has 1 aliphatic rings. The molecule has 0 radical (unpaired) electrons. The fraction of sp³-hybridized carbons (Fsp3) is 0.444. The number of aryl methyl sites for hydroxylation is 1. The Morgan fingerprint density at radius 3 is 2.47 bits per heavy atom. The monoisotopic (exact) mass is 501 g/mol. The summed E-state index contributed by atoms with van der Waals surface area (Å²) in [7, 11) is 0. The van der Waals surface area contributed by atoms with E-state index < -0.39 is 41.3 Å². The molecule has 194 valence electrons. The first kappa shape index (κ1) is 27.1. The smallest absolute Gasteiger partial charge is 0.408 e. The third-order valence-electron chi connectivity index (χ3n) is 5.76. The lowest BCUT2D eigenvalue weighted by Gasteiger charge is -2.30. The van der Waals surface area contributed by atoms with Gasteiger partial charge in [0.15, 0.2) is 0 Å². The number of benzene rings is 2. The fourth-order valence-corrected chi connectivity index (χ4v) is 4.18. The maximum Gasteiger partial charge on any atom is 0.408 e. The summed E-state index contributed by atoms with van der Waals surface area (Å²) in [5, 5.41) is 5.25. The number of hydrogen-bond acceptors (Lipinski definition) is 4. The van der Waals surface area contributed by atoms with Crippen molar-refractivity contribution in [1.82, 2.24) is 10.6 Å². The van der Waals surface area contributed by atoms with Crippen LogP contribution in [0.5, 0.6) is 0 Å². The summed E-state index contributed by atoms with van der Waals surface area (Å²) in [5.74, 6) is -1.91. The Kier molecular flexibility index (Phi) is 8.32. The highest BCUT2D eigenvalue weighted by Gasteiger charge is 2.35. The first-order valence-electron chi connectivity index (χ1n) is 12.0. The van der Waals surface area contributed by atoms with Crippen molar-refractivity contribution in [2.45, 2.75) is 77.6 Å². The summed E-state index contributed by atoms with van der Waals surface area (Å²) in [4.78, 5) is 40.8. The summed E-state index contributed by atoms with van der Waals surface area (Å²) in [6, 6.07) is 7.86. The lowest BCUT2D eigenvalue weighted by atomic mass is 10.0. The van der Waals surface area contributed by atoms with Gasteiger partial charge in [-0.05, 0) is 82.9 Å². The zero-order valence-corrected chi connectivity index (χ0v) is 21.2. The minimum Gasteiger partial charge on any atom is -0.444 e. The van der Waals surface area contributed by atoms with Gasteiger partial charge in [-0.2, -0.15) is 0 Å². The molecular weight excluding hydrogens is 468 g/mol. The van der Waals surface area contributed by atoms with Crippen LogP contribution in [0.15, 0.2) is 42.5 Å². The van der Waals surface area contributed by atoms with Crippen LogP contribution in [0.25, 0.3) is 0 Å². The van der Waals surface area contributed by atoms with E-state index in [1.807, 2.05) is 13.8 Å². The molecule has 2 atom stereocenters. The van der Waals surface area contributed by atoms with Gasteiger partial charge in [-0.15, -0.1) is 0 Å². The van der Waals surface area contributed by atoms with E-state index in [2.05, 4.69) is 10.6 Å². The molecule has 0 saturated heterocycles. The highest BCUT2D eigenvalue weighted by molar-refractivity contribution is 6.01. The Labute approximate surface area is 210 Å². The average molecular weight is 502 g/mol. The Balaban J connectivity index is 1.85. The normalized spacial score (nSPS) is 16.7. The summed E-state index contributed by atoms with van der Waals surface area (Å²) in [5.41, 5.74) is 0.693. The molecule has 0 aromatic heterocycles. The van der Waals surface area contributed by atoms with Crippen molar-refractivity contribution in [2.24, 2.45) is 0 Å². The predicted octanol–water partition coefficient (Wildman–Crippen LogP) is 4.27. The molecule has 0 fully saturated rings. The minimum atomic E-state index is -1.19. The number of hydrogen-bond donors (Lipinski definition) is 2. The van der Waals surface area contributed by atoms with Gasteiger partial charge in [-0.1, -0.05) is 18.2 Å². The van der Waals surface area contributed by atoms with Crippen molar-refractivity contribution >= 4 is 23.6 Å². The molecule has 3 rings (SSSR count). The minimum absolute atomic E-state index is 0.141. The second-order valence-corrected chi connectivity index (χ2v) is 10.2. The van der Waals surface area contributed by atoms with Crippen LogP contribution in [0.4, 0.5) is 19.3 Å². The summed E-state index contributed by atoms with van der Waals surface area (Å²) >= 11 is 0. The third kappa shape index (κ3) is 6.80. The number of anilines is 1. The largest absolute Gasteiger partial charge is 0.444 e. The molecule has 7 nitrogen and oxygen atoms in total. The summed E-state index contributed by atoms with van der Waals surface area (Å²) < 4.78 is 33.5. The van der Waals surface area contributed by atoms with Crippen LogP contribution in [0, 0.1) is 11.6 Å². The highest BCUT2D eigenvalue weighted by Crippen LogP contribution is 2.29. The van der Waals surface area contributed by atoms with Gasteiger partial charge in [-0.25, -0.2) is 13.6 Å². The fourth-order valence-electron chi connectivity index (χ4n) is 4.18. The zero-order valence-electron chi connectivity index (χ0n) is 21.2. The molecule has 0 spiro atoms. The van der Waals surface area contributed by atoms with Gasteiger partial charge >= 0.3 is 6.09 Å². The molecule has 0 bridgehead atoms. The molecule has 2 aromatic carbocycles. The van der Waals surface area contributed by atoms with Crippen molar-refractivity contribution in [3.05, 3.63) is 65.2 Å². The van der Waals surface area contributed by atoms with Gasteiger partial charge < -0.3 is 20.3 Å². The van der Waals surface area contributed by atoms with Gasteiger partial charge in [-0.3, -0.25) is 9.59 Å². The van der Waals surface area contributed by atoms with Crippen LogP contribution in [0.3, 0.4) is 0 Å². The van der Waals surface area contributed by atoms with Gasteiger partial charge in [0, 0.05) is 18.2 Å². The number of nitrogens with one attached hydrogen (secondary N) is 2. The Morgan fingerprint density at radius 1 is 1.14 bits per heavy atom. The topological polar surface area (TPSA) is 87.7 Å².